The van der Waals surface area contributed by atoms with Crippen LogP contribution in [0.4, 0.5) is 4.79 Å². The summed E-state index contributed by atoms with van der Waals surface area (Å²) in [6.45, 7) is 3.25. The van der Waals surface area contributed by atoms with E-state index in [1.54, 1.807) is 19.9 Å². The Hall–Kier alpha value is -1.32. The van der Waals surface area contributed by atoms with Gasteiger partial charge in [-0.05, 0) is 13.8 Å². The van der Waals surface area contributed by atoms with Crippen LogP contribution >= 0.6 is 0 Å². The molecular formula is C7H11NO3. The van der Waals surface area contributed by atoms with Crippen LogP contribution < -0.4 is 0 Å². The van der Waals surface area contributed by atoms with Crippen LogP contribution in [0.25, 0.3) is 0 Å². The van der Waals surface area contributed by atoms with Crippen LogP contribution in [-0.2, 0) is 4.79 Å². The van der Waals surface area contributed by atoms with Crippen molar-refractivity contribution in [3.8, 4) is 0 Å². The molecule has 4 heteroatoms. The van der Waals surface area contributed by atoms with Crippen molar-refractivity contribution >= 4 is 12.4 Å². The average molecular weight is 157 g/mol. The Balaban J connectivity index is 4.33. The normalized spacial score (nSPS) is 10.9. The molecule has 0 aromatic heterocycles. The summed E-state index contributed by atoms with van der Waals surface area (Å²) < 4.78 is 0. The molecule has 0 spiro atoms. The molecule has 0 saturated carbocycles. The van der Waals surface area contributed by atoms with Crippen LogP contribution in [0.15, 0.2) is 11.8 Å². The molecule has 0 aromatic carbocycles. The first kappa shape index (κ1) is 9.68. The fourth-order valence-corrected chi connectivity index (χ4v) is 0.603. The number of carbonyl (C=O) groups is 2. The number of aldehydes is 1. The van der Waals surface area contributed by atoms with Crippen LogP contribution in [0.1, 0.15) is 13.8 Å². The number of hydrogen-bond acceptors (Lipinski definition) is 2. The van der Waals surface area contributed by atoms with E-state index in [-0.39, 0.29) is 6.54 Å². The molecule has 11 heavy (non-hydrogen) atoms. The highest BCUT2D eigenvalue weighted by Gasteiger charge is 2.10. The first-order valence-corrected chi connectivity index (χ1v) is 3.20. The van der Waals surface area contributed by atoms with Crippen molar-refractivity contribution in [3.63, 3.8) is 0 Å². The van der Waals surface area contributed by atoms with Crippen molar-refractivity contribution < 1.29 is 14.7 Å². The van der Waals surface area contributed by atoms with E-state index >= 15 is 0 Å². The molecule has 0 heterocycles. The van der Waals surface area contributed by atoms with Crippen molar-refractivity contribution in [3.05, 3.63) is 11.8 Å². The van der Waals surface area contributed by atoms with Crippen molar-refractivity contribution in [1.82, 2.24) is 4.90 Å². The van der Waals surface area contributed by atoms with E-state index in [4.69, 9.17) is 5.11 Å². The average Bonchev–Trinajstić information content (AvgIpc) is 1.98. The molecule has 4 nitrogen and oxygen atoms in total. The molecule has 0 bridgehead atoms. The van der Waals surface area contributed by atoms with Crippen LogP contribution in [0.5, 0.6) is 0 Å². The Morgan fingerprint density at radius 2 is 2.18 bits per heavy atom. The third-order valence-corrected chi connectivity index (χ3v) is 1.33. The van der Waals surface area contributed by atoms with Crippen molar-refractivity contribution in [2.75, 3.05) is 6.54 Å². The molecule has 0 rings (SSSR count). The van der Waals surface area contributed by atoms with E-state index in [0.29, 0.717) is 12.0 Å². The molecule has 0 unspecified atom stereocenters. The molecule has 0 aromatic rings. The highest BCUT2D eigenvalue weighted by atomic mass is 16.4. The maximum Gasteiger partial charge on any atom is 0.411 e. The second kappa shape index (κ2) is 4.49. The fraction of sp³-hybridized carbons (Fsp3) is 0.429. The Kier molecular flexibility index (Phi) is 3.95. The molecule has 1 amide bonds. The monoisotopic (exact) mass is 157 g/mol. The van der Waals surface area contributed by atoms with E-state index in [1.165, 1.54) is 0 Å². The number of carboxylic acid groups (broad SMARTS) is 1. The number of allylic oxidation sites excluding steroid dienone is 2. The minimum atomic E-state index is -1.10. The van der Waals surface area contributed by atoms with Gasteiger partial charge >= 0.3 is 6.09 Å². The molecular weight excluding hydrogens is 146 g/mol. The maximum atomic E-state index is 10.4. The molecule has 0 radical (unpaired) electrons. The first-order valence-electron chi connectivity index (χ1n) is 3.20. The highest BCUT2D eigenvalue weighted by Crippen LogP contribution is 2.01. The molecule has 0 atom stereocenters. The third kappa shape index (κ3) is 2.84. The highest BCUT2D eigenvalue weighted by molar-refractivity contribution is 5.71. The zero-order chi connectivity index (χ0) is 8.85. The molecule has 0 aliphatic rings. The number of carbonyl (C=O) groups excluding carboxylic acids is 1. The summed E-state index contributed by atoms with van der Waals surface area (Å²) in [5.41, 5.74) is 0.560. The minimum absolute atomic E-state index is 0.106. The second-order valence-electron chi connectivity index (χ2n) is 1.99. The quantitative estimate of drug-likeness (QED) is 0.624. The van der Waals surface area contributed by atoms with Crippen LogP contribution in [0, 0.1) is 0 Å². The molecule has 0 aliphatic heterocycles. The van der Waals surface area contributed by atoms with Gasteiger partial charge in [-0.1, -0.05) is 6.08 Å². The molecule has 0 fully saturated rings. The first-order chi connectivity index (χ1) is 5.13. The predicted molar refractivity (Wildman–Crippen MR) is 40.2 cm³/mol. The summed E-state index contributed by atoms with van der Waals surface area (Å²) in [4.78, 5) is 21.4. The zero-order valence-corrected chi connectivity index (χ0v) is 6.57. The summed E-state index contributed by atoms with van der Waals surface area (Å²) in [6.07, 6.45) is 1.09. The Morgan fingerprint density at radius 1 is 1.64 bits per heavy atom. The predicted octanol–water partition coefficient (Wildman–Crippen LogP) is 1.09. The molecule has 0 saturated heterocycles. The topological polar surface area (TPSA) is 57.6 Å². The van der Waals surface area contributed by atoms with E-state index in [9.17, 15) is 9.59 Å². The second-order valence-corrected chi connectivity index (χ2v) is 1.99. The maximum absolute atomic E-state index is 10.4. The van der Waals surface area contributed by atoms with Gasteiger partial charge in [0.15, 0.2) is 0 Å². The lowest BCUT2D eigenvalue weighted by molar-refractivity contribution is -0.108. The standard InChI is InChI=1S/C7H11NO3/c1-3-6(2)8(4-5-9)7(10)11/h3,5H,4H2,1-2H3,(H,10,11). The van der Waals surface area contributed by atoms with Crippen molar-refractivity contribution in [1.29, 1.82) is 0 Å². The summed E-state index contributed by atoms with van der Waals surface area (Å²) in [5.74, 6) is 0. The van der Waals surface area contributed by atoms with Gasteiger partial charge in [-0.2, -0.15) is 0 Å². The van der Waals surface area contributed by atoms with Gasteiger partial charge in [0.2, 0.25) is 0 Å². The lowest BCUT2D eigenvalue weighted by atomic mass is 10.4. The van der Waals surface area contributed by atoms with Crippen LogP contribution in [-0.4, -0.2) is 28.9 Å². The number of hydrogen-bond donors (Lipinski definition) is 1. The molecule has 62 valence electrons. The smallest absolute Gasteiger partial charge is 0.411 e. The Bertz CT molecular complexity index is 186. The van der Waals surface area contributed by atoms with Crippen LogP contribution in [0.2, 0.25) is 0 Å². The SMILES string of the molecule is CC=C(C)N(CC=O)C(=O)O. The van der Waals surface area contributed by atoms with Gasteiger partial charge in [0.1, 0.15) is 6.29 Å². The Labute approximate surface area is 65.1 Å². The van der Waals surface area contributed by atoms with Gasteiger partial charge in [0.25, 0.3) is 0 Å². The molecule has 1 N–H and O–H groups in total. The summed E-state index contributed by atoms with van der Waals surface area (Å²) in [7, 11) is 0. The fourth-order valence-electron chi connectivity index (χ4n) is 0.603. The zero-order valence-electron chi connectivity index (χ0n) is 6.57. The Morgan fingerprint density at radius 3 is 2.45 bits per heavy atom. The lowest BCUT2D eigenvalue weighted by Crippen LogP contribution is -2.29. The third-order valence-electron chi connectivity index (χ3n) is 1.33. The largest absolute Gasteiger partial charge is 0.465 e. The number of amides is 1. The van der Waals surface area contributed by atoms with Crippen molar-refractivity contribution in [2.24, 2.45) is 0 Å². The van der Waals surface area contributed by atoms with E-state index < -0.39 is 6.09 Å². The number of rotatable bonds is 3. The van der Waals surface area contributed by atoms with Gasteiger partial charge in [-0.25, -0.2) is 4.79 Å². The van der Waals surface area contributed by atoms with E-state index in [2.05, 4.69) is 0 Å². The van der Waals surface area contributed by atoms with Gasteiger partial charge in [-0.15, -0.1) is 0 Å². The summed E-state index contributed by atoms with van der Waals surface area (Å²) >= 11 is 0. The van der Waals surface area contributed by atoms with E-state index in [1.807, 2.05) is 0 Å². The summed E-state index contributed by atoms with van der Waals surface area (Å²) in [6, 6.07) is 0. The van der Waals surface area contributed by atoms with Gasteiger partial charge in [-0.3, -0.25) is 4.90 Å². The lowest BCUT2D eigenvalue weighted by Gasteiger charge is -2.15. The van der Waals surface area contributed by atoms with E-state index in [0.717, 1.165) is 4.90 Å². The van der Waals surface area contributed by atoms with Gasteiger partial charge in [0.05, 0.1) is 6.54 Å². The molecule has 0 aliphatic carbocycles. The number of nitrogens with zero attached hydrogens (tertiary/aromatic N) is 1. The van der Waals surface area contributed by atoms with Crippen molar-refractivity contribution in [2.45, 2.75) is 13.8 Å². The summed E-state index contributed by atoms with van der Waals surface area (Å²) in [5, 5.41) is 8.53. The minimum Gasteiger partial charge on any atom is -0.465 e. The van der Waals surface area contributed by atoms with Crippen LogP contribution in [0.3, 0.4) is 0 Å². The van der Waals surface area contributed by atoms with Gasteiger partial charge in [0, 0.05) is 5.70 Å². The van der Waals surface area contributed by atoms with Gasteiger partial charge < -0.3 is 9.90 Å².